The molecule has 0 saturated carbocycles. The number of aromatic amines is 1. The lowest BCUT2D eigenvalue weighted by molar-refractivity contribution is -0.120. The van der Waals surface area contributed by atoms with E-state index in [2.05, 4.69) is 22.2 Å². The maximum Gasteiger partial charge on any atom is 0.260 e. The normalized spacial score (nSPS) is 17.5. The molecule has 0 unspecified atom stereocenters. The molecule has 1 atom stereocenters. The van der Waals surface area contributed by atoms with Crippen LogP contribution in [0.2, 0.25) is 0 Å². The Morgan fingerprint density at radius 2 is 2.24 bits per heavy atom. The fourth-order valence-corrected chi connectivity index (χ4v) is 5.14. The Hall–Kier alpha value is -1.34. The summed E-state index contributed by atoms with van der Waals surface area (Å²) in [5.74, 6) is 0.873. The second-order valence-electron chi connectivity index (χ2n) is 7.48. The molecule has 1 aliphatic rings. The summed E-state index contributed by atoms with van der Waals surface area (Å²) in [6, 6.07) is 0. The van der Waals surface area contributed by atoms with Crippen molar-refractivity contribution in [1.29, 1.82) is 0 Å². The van der Waals surface area contributed by atoms with E-state index in [1.165, 1.54) is 22.2 Å². The molecule has 3 rings (SSSR count). The molecular formula is C18H25N3O2S2. The second kappa shape index (κ2) is 7.11. The highest BCUT2D eigenvalue weighted by molar-refractivity contribution is 7.99. The van der Waals surface area contributed by atoms with Crippen molar-refractivity contribution in [1.82, 2.24) is 15.3 Å². The van der Waals surface area contributed by atoms with Crippen LogP contribution in [0.15, 0.2) is 9.95 Å². The van der Waals surface area contributed by atoms with Gasteiger partial charge in [0.05, 0.1) is 11.1 Å². The third-order valence-corrected chi connectivity index (χ3v) is 6.87. The molecule has 2 N–H and O–H groups in total. The smallest absolute Gasteiger partial charge is 0.260 e. The van der Waals surface area contributed by atoms with Gasteiger partial charge in [0, 0.05) is 10.4 Å². The van der Waals surface area contributed by atoms with E-state index in [-0.39, 0.29) is 22.8 Å². The number of hydrogen-bond acceptors (Lipinski definition) is 5. The molecule has 0 fully saturated rings. The number of nitrogens with one attached hydrogen (secondary N) is 2. The molecule has 2 aromatic heterocycles. The van der Waals surface area contributed by atoms with E-state index >= 15 is 0 Å². The molecule has 5 nitrogen and oxygen atoms in total. The van der Waals surface area contributed by atoms with E-state index in [0.29, 0.717) is 11.1 Å². The van der Waals surface area contributed by atoms with Crippen LogP contribution in [-0.2, 0) is 17.6 Å². The Labute approximate surface area is 156 Å². The lowest BCUT2D eigenvalue weighted by Crippen LogP contribution is -2.43. The van der Waals surface area contributed by atoms with Crippen molar-refractivity contribution >= 4 is 39.2 Å². The molecule has 2 heterocycles. The molecule has 136 valence electrons. The largest absolute Gasteiger partial charge is 0.351 e. The van der Waals surface area contributed by atoms with Crippen LogP contribution in [0.1, 0.15) is 51.0 Å². The van der Waals surface area contributed by atoms with Crippen molar-refractivity contribution in [2.45, 2.75) is 64.1 Å². The van der Waals surface area contributed by atoms with Crippen LogP contribution in [0, 0.1) is 5.92 Å². The number of hydrogen-bond donors (Lipinski definition) is 2. The van der Waals surface area contributed by atoms with E-state index in [0.717, 1.165) is 35.9 Å². The highest BCUT2D eigenvalue weighted by atomic mass is 32.2. The first-order valence-electron chi connectivity index (χ1n) is 8.77. The topological polar surface area (TPSA) is 74.8 Å². The Kier molecular flexibility index (Phi) is 5.25. The van der Waals surface area contributed by atoms with Gasteiger partial charge in [-0.3, -0.25) is 9.59 Å². The molecule has 2 aromatic rings. The highest BCUT2D eigenvalue weighted by Gasteiger charge is 2.23. The number of H-pyrrole nitrogens is 1. The van der Waals surface area contributed by atoms with Crippen molar-refractivity contribution in [3.63, 3.8) is 0 Å². The van der Waals surface area contributed by atoms with Gasteiger partial charge in [0.2, 0.25) is 5.91 Å². The van der Waals surface area contributed by atoms with Gasteiger partial charge in [-0.1, -0.05) is 25.6 Å². The number of amides is 1. The summed E-state index contributed by atoms with van der Waals surface area (Å²) in [6.45, 7) is 8.29. The zero-order valence-corrected chi connectivity index (χ0v) is 16.8. The third-order valence-electron chi connectivity index (χ3n) is 4.85. The van der Waals surface area contributed by atoms with Crippen molar-refractivity contribution in [3.8, 4) is 0 Å². The second-order valence-corrected chi connectivity index (χ2v) is 9.52. The van der Waals surface area contributed by atoms with E-state index in [4.69, 9.17) is 0 Å². The number of thiophene rings is 1. The molecule has 25 heavy (non-hydrogen) atoms. The quantitative estimate of drug-likeness (QED) is 0.616. The first-order chi connectivity index (χ1) is 11.8. The van der Waals surface area contributed by atoms with Gasteiger partial charge in [0.25, 0.3) is 5.56 Å². The minimum Gasteiger partial charge on any atom is -0.351 e. The zero-order chi connectivity index (χ0) is 18.2. The Morgan fingerprint density at radius 3 is 2.96 bits per heavy atom. The predicted molar refractivity (Wildman–Crippen MR) is 105 cm³/mol. The van der Waals surface area contributed by atoms with Gasteiger partial charge >= 0.3 is 0 Å². The van der Waals surface area contributed by atoms with Crippen LogP contribution < -0.4 is 10.9 Å². The standard InChI is InChI=1S/C18H25N3O2S2/c1-5-18(3,4)21-13(22)9-24-17-19-15(23)14-11-7-6-10(2)8-12(11)25-16(14)20-17/h10H,5-9H2,1-4H3,(H,21,22)(H,19,20,23)/t10-/m0/s1. The van der Waals surface area contributed by atoms with Crippen molar-refractivity contribution in [2.24, 2.45) is 5.92 Å². The summed E-state index contributed by atoms with van der Waals surface area (Å²) in [6.07, 6.45) is 3.99. The molecule has 0 bridgehead atoms. The van der Waals surface area contributed by atoms with Gasteiger partial charge in [-0.05, 0) is 51.0 Å². The third kappa shape index (κ3) is 4.08. The average molecular weight is 380 g/mol. The number of carbonyl (C=O) groups excluding carboxylic acids is 1. The summed E-state index contributed by atoms with van der Waals surface area (Å²) in [4.78, 5) is 34.2. The Morgan fingerprint density at radius 1 is 1.48 bits per heavy atom. The van der Waals surface area contributed by atoms with Crippen LogP contribution in [0.25, 0.3) is 10.2 Å². The van der Waals surface area contributed by atoms with Gasteiger partial charge in [-0.25, -0.2) is 4.98 Å². The molecular weight excluding hydrogens is 354 g/mol. The molecule has 0 aliphatic heterocycles. The SMILES string of the molecule is CCC(C)(C)NC(=O)CSc1nc2sc3c(c2c(=O)[nH]1)CC[C@H](C)C3. The minimum absolute atomic E-state index is 0.0427. The molecule has 0 saturated heterocycles. The van der Waals surface area contributed by atoms with E-state index in [1.54, 1.807) is 11.3 Å². The van der Waals surface area contributed by atoms with E-state index in [1.807, 2.05) is 20.8 Å². The minimum atomic E-state index is -0.216. The van der Waals surface area contributed by atoms with Gasteiger partial charge < -0.3 is 10.3 Å². The van der Waals surface area contributed by atoms with Crippen molar-refractivity contribution < 1.29 is 4.79 Å². The lowest BCUT2D eigenvalue weighted by atomic mass is 9.89. The predicted octanol–water partition coefficient (Wildman–Crippen LogP) is 3.51. The Balaban J connectivity index is 1.78. The van der Waals surface area contributed by atoms with Crippen LogP contribution in [0.5, 0.6) is 0 Å². The van der Waals surface area contributed by atoms with Crippen LogP contribution in [0.3, 0.4) is 0 Å². The van der Waals surface area contributed by atoms with E-state index < -0.39 is 0 Å². The molecule has 1 aliphatic carbocycles. The lowest BCUT2D eigenvalue weighted by Gasteiger charge is -2.24. The monoisotopic (exact) mass is 379 g/mol. The van der Waals surface area contributed by atoms with Gasteiger partial charge in [-0.15, -0.1) is 11.3 Å². The van der Waals surface area contributed by atoms with Gasteiger partial charge in [0.15, 0.2) is 5.16 Å². The number of thioether (sulfide) groups is 1. The first kappa shape index (κ1) is 18.5. The van der Waals surface area contributed by atoms with Crippen molar-refractivity contribution in [2.75, 3.05) is 5.75 Å². The maximum absolute atomic E-state index is 12.5. The fraction of sp³-hybridized carbons (Fsp3) is 0.611. The van der Waals surface area contributed by atoms with Crippen LogP contribution in [-0.4, -0.2) is 27.2 Å². The summed E-state index contributed by atoms with van der Waals surface area (Å²) >= 11 is 2.92. The van der Waals surface area contributed by atoms with Gasteiger partial charge in [-0.2, -0.15) is 0 Å². The summed E-state index contributed by atoms with van der Waals surface area (Å²) in [7, 11) is 0. The zero-order valence-electron chi connectivity index (χ0n) is 15.2. The Bertz CT molecular complexity index is 854. The number of rotatable bonds is 5. The molecule has 0 spiro atoms. The number of aromatic nitrogens is 2. The summed E-state index contributed by atoms with van der Waals surface area (Å²) in [5.41, 5.74) is 0.894. The average Bonchev–Trinajstić information content (AvgIpc) is 2.90. The fourth-order valence-electron chi connectivity index (χ4n) is 3.03. The number of carbonyl (C=O) groups is 1. The number of nitrogens with zero attached hydrogens (tertiary/aromatic N) is 1. The van der Waals surface area contributed by atoms with Crippen molar-refractivity contribution in [3.05, 3.63) is 20.8 Å². The summed E-state index contributed by atoms with van der Waals surface area (Å²) in [5, 5.41) is 4.27. The van der Waals surface area contributed by atoms with Gasteiger partial charge in [0.1, 0.15) is 4.83 Å². The maximum atomic E-state index is 12.5. The first-order valence-corrected chi connectivity index (χ1v) is 10.6. The molecule has 0 radical (unpaired) electrons. The van der Waals surface area contributed by atoms with Crippen LogP contribution in [0.4, 0.5) is 0 Å². The molecule has 7 heteroatoms. The number of fused-ring (bicyclic) bond motifs is 3. The van der Waals surface area contributed by atoms with E-state index in [9.17, 15) is 9.59 Å². The highest BCUT2D eigenvalue weighted by Crippen LogP contribution is 2.36. The molecule has 0 aromatic carbocycles. The number of aryl methyl sites for hydroxylation is 1. The van der Waals surface area contributed by atoms with Crippen LogP contribution >= 0.6 is 23.1 Å². The summed E-state index contributed by atoms with van der Waals surface area (Å²) < 4.78 is 0. The molecule has 1 amide bonds.